The molecule has 0 spiro atoms. The van der Waals surface area contributed by atoms with Gasteiger partial charge in [0, 0.05) is 18.0 Å². The summed E-state index contributed by atoms with van der Waals surface area (Å²) < 4.78 is 16.9. The number of aliphatic hydroxyl groups excluding tert-OH is 1. The zero-order valence-electron chi connectivity index (χ0n) is 22.8. The van der Waals surface area contributed by atoms with E-state index in [2.05, 4.69) is 16.9 Å². The fourth-order valence-corrected chi connectivity index (χ4v) is 5.28. The number of esters is 1. The first-order valence-electron chi connectivity index (χ1n) is 13.1. The van der Waals surface area contributed by atoms with Crippen LogP contribution in [0.25, 0.3) is 5.76 Å². The molecule has 210 valence electrons. The number of ether oxygens (including phenoxy) is 3. The molecule has 3 heterocycles. The fraction of sp³-hybridized carbons (Fsp3) is 0.345. The summed E-state index contributed by atoms with van der Waals surface area (Å²) in [4.78, 5) is 49.3. The summed E-state index contributed by atoms with van der Waals surface area (Å²) in [5.41, 5.74) is 1.06. The maximum atomic E-state index is 13.5. The third-order valence-corrected chi connectivity index (χ3v) is 7.33. The average molecular weight is 566 g/mol. The van der Waals surface area contributed by atoms with E-state index in [0.717, 1.165) is 24.2 Å². The lowest BCUT2D eigenvalue weighted by atomic mass is 9.95. The number of amides is 1. The van der Waals surface area contributed by atoms with Crippen LogP contribution in [-0.2, 0) is 14.3 Å². The Morgan fingerprint density at radius 1 is 1.05 bits per heavy atom. The van der Waals surface area contributed by atoms with E-state index in [-0.39, 0.29) is 27.9 Å². The largest absolute Gasteiger partial charge is 0.507 e. The Kier molecular flexibility index (Phi) is 9.15. The lowest BCUT2D eigenvalue weighted by Crippen LogP contribution is -2.29. The monoisotopic (exact) mass is 565 g/mol. The van der Waals surface area contributed by atoms with E-state index in [4.69, 9.17) is 14.2 Å². The molecule has 0 aliphatic carbocycles. The van der Waals surface area contributed by atoms with Gasteiger partial charge in [-0.1, -0.05) is 30.7 Å². The predicted octanol–water partition coefficient (Wildman–Crippen LogP) is 5.23. The van der Waals surface area contributed by atoms with Crippen molar-refractivity contribution in [3.8, 4) is 11.5 Å². The van der Waals surface area contributed by atoms with Gasteiger partial charge in [-0.05, 0) is 57.0 Å². The van der Waals surface area contributed by atoms with Crippen molar-refractivity contribution in [1.82, 2.24) is 9.97 Å². The minimum Gasteiger partial charge on any atom is -0.507 e. The lowest BCUT2D eigenvalue weighted by Gasteiger charge is -2.24. The van der Waals surface area contributed by atoms with Crippen LogP contribution in [0.4, 0.5) is 5.13 Å². The van der Waals surface area contributed by atoms with E-state index in [0.29, 0.717) is 41.5 Å². The van der Waals surface area contributed by atoms with Crippen molar-refractivity contribution in [3.63, 3.8) is 0 Å². The van der Waals surface area contributed by atoms with Crippen LogP contribution in [-0.4, -0.2) is 52.6 Å². The maximum Gasteiger partial charge on any atom is 0.350 e. The summed E-state index contributed by atoms with van der Waals surface area (Å²) in [5.74, 6) is -1.72. The second kappa shape index (κ2) is 12.7. The number of pyridine rings is 1. The first-order chi connectivity index (χ1) is 19.3. The Balaban J connectivity index is 1.89. The van der Waals surface area contributed by atoms with Crippen LogP contribution in [0.5, 0.6) is 11.5 Å². The summed E-state index contributed by atoms with van der Waals surface area (Å²) >= 11 is 0.947. The molecular formula is C29H31N3O7S. The van der Waals surface area contributed by atoms with E-state index in [1.807, 2.05) is 6.92 Å². The Hall–Kier alpha value is -4.25. The molecule has 0 radical (unpaired) electrons. The molecule has 0 bridgehead atoms. The zero-order chi connectivity index (χ0) is 28.8. The second-order valence-electron chi connectivity index (χ2n) is 8.88. The van der Waals surface area contributed by atoms with E-state index in [1.54, 1.807) is 44.2 Å². The van der Waals surface area contributed by atoms with E-state index in [9.17, 15) is 19.5 Å². The molecule has 1 N–H and O–H groups in total. The molecule has 1 aromatic carbocycles. The number of nitrogens with zero attached hydrogens (tertiary/aromatic N) is 3. The third-order valence-electron chi connectivity index (χ3n) is 6.19. The van der Waals surface area contributed by atoms with Crippen LogP contribution < -0.4 is 14.4 Å². The standard InChI is InChI=1S/C29H31N3O7S/c1-5-8-15-39-20-10-9-19(16-21(20)37-6-2)23-22(24(33)18-11-13-30-14-12-18)25(34)27(35)32(23)29-31-17(4)26(40-29)28(36)38-7-3/h9-14,16,23,33H,5-8,15H2,1-4H3. The number of Topliss-reactive ketones (excluding diaryl/α,β-unsaturated/α-hetero) is 1. The predicted molar refractivity (Wildman–Crippen MR) is 150 cm³/mol. The Morgan fingerprint density at radius 2 is 1.80 bits per heavy atom. The molecule has 11 heteroatoms. The van der Waals surface area contributed by atoms with Crippen molar-refractivity contribution in [2.45, 2.75) is 46.6 Å². The number of carbonyl (C=O) groups excluding carboxylic acids is 3. The minimum absolute atomic E-state index is 0.121. The molecule has 0 saturated carbocycles. The number of aryl methyl sites for hydroxylation is 1. The van der Waals surface area contributed by atoms with Gasteiger partial charge in [-0.3, -0.25) is 19.5 Å². The van der Waals surface area contributed by atoms with Crippen molar-refractivity contribution < 1.29 is 33.7 Å². The quantitative estimate of drug-likeness (QED) is 0.109. The highest BCUT2D eigenvalue weighted by molar-refractivity contribution is 7.17. The van der Waals surface area contributed by atoms with Crippen molar-refractivity contribution in [2.24, 2.45) is 0 Å². The summed E-state index contributed by atoms with van der Waals surface area (Å²) in [7, 11) is 0. The average Bonchev–Trinajstić information content (AvgIpc) is 3.46. The number of carbonyl (C=O) groups is 3. The lowest BCUT2D eigenvalue weighted by molar-refractivity contribution is -0.132. The molecule has 1 atom stereocenters. The van der Waals surface area contributed by atoms with Gasteiger partial charge in [0.1, 0.15) is 10.6 Å². The number of aliphatic hydroxyl groups is 1. The summed E-state index contributed by atoms with van der Waals surface area (Å²) in [6.07, 6.45) is 4.79. The normalized spacial score (nSPS) is 16.3. The van der Waals surface area contributed by atoms with Crippen molar-refractivity contribution >= 4 is 39.9 Å². The molecule has 3 aromatic rings. The van der Waals surface area contributed by atoms with Crippen LogP contribution in [0, 0.1) is 6.92 Å². The fourth-order valence-electron chi connectivity index (χ4n) is 4.29. The molecule has 1 amide bonds. The van der Waals surface area contributed by atoms with Gasteiger partial charge in [-0.15, -0.1) is 0 Å². The SMILES string of the molecule is CCCCOc1ccc(C2C(=C(O)c3ccncc3)C(=O)C(=O)N2c2nc(C)c(C(=O)OCC)s2)cc1OCC. The highest BCUT2D eigenvalue weighted by Crippen LogP contribution is 2.45. The molecule has 4 rings (SSSR count). The highest BCUT2D eigenvalue weighted by Gasteiger charge is 2.48. The van der Waals surface area contributed by atoms with Crippen LogP contribution in [0.2, 0.25) is 0 Å². The van der Waals surface area contributed by atoms with Crippen molar-refractivity contribution in [3.05, 3.63) is 70.0 Å². The Morgan fingerprint density at radius 3 is 2.48 bits per heavy atom. The molecule has 10 nitrogen and oxygen atoms in total. The number of unbranched alkanes of at least 4 members (excludes halogenated alkanes) is 1. The molecule has 1 unspecified atom stereocenters. The minimum atomic E-state index is -1.06. The molecule has 2 aromatic heterocycles. The number of aromatic nitrogens is 2. The summed E-state index contributed by atoms with van der Waals surface area (Å²) in [6.45, 7) is 8.27. The van der Waals surface area contributed by atoms with Gasteiger partial charge >= 0.3 is 11.9 Å². The molecule has 1 saturated heterocycles. The van der Waals surface area contributed by atoms with Crippen molar-refractivity contribution in [2.75, 3.05) is 24.7 Å². The topological polar surface area (TPSA) is 128 Å². The van der Waals surface area contributed by atoms with Crippen LogP contribution >= 0.6 is 11.3 Å². The zero-order valence-corrected chi connectivity index (χ0v) is 23.6. The number of thiazole rings is 1. The molecular weight excluding hydrogens is 534 g/mol. The third kappa shape index (κ3) is 5.69. The first kappa shape index (κ1) is 28.8. The molecule has 40 heavy (non-hydrogen) atoms. The number of benzene rings is 1. The number of ketones is 1. The van der Waals surface area contributed by atoms with Gasteiger partial charge in [0.05, 0.1) is 37.1 Å². The number of hydrogen-bond donors (Lipinski definition) is 1. The number of hydrogen-bond acceptors (Lipinski definition) is 10. The Bertz CT molecular complexity index is 1430. The van der Waals surface area contributed by atoms with Gasteiger partial charge in [-0.2, -0.15) is 0 Å². The maximum absolute atomic E-state index is 13.5. The number of rotatable bonds is 11. The van der Waals surface area contributed by atoms with Gasteiger partial charge in [0.25, 0.3) is 5.78 Å². The second-order valence-corrected chi connectivity index (χ2v) is 9.86. The Labute approximate surface area is 236 Å². The smallest absolute Gasteiger partial charge is 0.350 e. The molecule has 1 aliphatic heterocycles. The van der Waals surface area contributed by atoms with E-state index in [1.165, 1.54) is 17.3 Å². The van der Waals surface area contributed by atoms with Crippen molar-refractivity contribution in [1.29, 1.82) is 0 Å². The van der Waals surface area contributed by atoms with Crippen LogP contribution in [0.1, 0.15) is 66.1 Å². The molecule has 1 fully saturated rings. The van der Waals surface area contributed by atoms with Gasteiger partial charge < -0.3 is 19.3 Å². The van der Waals surface area contributed by atoms with E-state index < -0.39 is 23.7 Å². The van der Waals surface area contributed by atoms with Gasteiger partial charge in [-0.25, -0.2) is 9.78 Å². The number of anilines is 1. The van der Waals surface area contributed by atoms with E-state index >= 15 is 0 Å². The van der Waals surface area contributed by atoms with Gasteiger partial charge in [0.2, 0.25) is 0 Å². The summed E-state index contributed by atoms with van der Waals surface area (Å²) in [5, 5.41) is 11.4. The van der Waals surface area contributed by atoms with Crippen LogP contribution in [0.3, 0.4) is 0 Å². The van der Waals surface area contributed by atoms with Gasteiger partial charge in [0.15, 0.2) is 16.6 Å². The highest BCUT2D eigenvalue weighted by atomic mass is 32.1. The molecule has 1 aliphatic rings. The first-order valence-corrected chi connectivity index (χ1v) is 13.9. The van der Waals surface area contributed by atoms with Crippen LogP contribution in [0.15, 0.2) is 48.3 Å². The summed E-state index contributed by atoms with van der Waals surface area (Å²) in [6, 6.07) is 7.17.